The number of hydrogen-bond donors (Lipinski definition) is 0. The third-order valence-corrected chi connectivity index (χ3v) is 21.0. The van der Waals surface area contributed by atoms with Crippen molar-refractivity contribution in [3.63, 3.8) is 0 Å². The quantitative estimate of drug-likeness (QED) is 0.289. The van der Waals surface area contributed by atoms with Gasteiger partial charge in [-0.25, -0.2) is 0 Å². The van der Waals surface area contributed by atoms with Gasteiger partial charge in [-0.2, -0.15) is 0 Å². The van der Waals surface area contributed by atoms with Crippen molar-refractivity contribution in [2.45, 2.75) is 177 Å². The van der Waals surface area contributed by atoms with Crippen molar-refractivity contribution >= 4 is 14.3 Å². The summed E-state index contributed by atoms with van der Waals surface area (Å²) in [6.07, 6.45) is 33.4. The number of hydrogen-bond acceptors (Lipinski definition) is 2. The van der Waals surface area contributed by atoms with Crippen LogP contribution >= 0.6 is 14.3 Å². The Morgan fingerprint density at radius 2 is 0.556 bits per heavy atom. The molecule has 0 aromatic rings. The molecule has 208 valence electrons. The van der Waals surface area contributed by atoms with Gasteiger partial charge in [0.2, 0.25) is 0 Å². The maximum Gasteiger partial charge on any atom is 0.0938 e. The van der Waals surface area contributed by atoms with Crippen LogP contribution in [-0.2, 0) is 9.13 Å². The second-order valence-corrected chi connectivity index (χ2v) is 21.2. The third kappa shape index (κ3) is 6.60. The van der Waals surface area contributed by atoms with Crippen LogP contribution in [0.4, 0.5) is 0 Å². The Morgan fingerprint density at radius 1 is 0.333 bits per heavy atom. The molecule has 0 atom stereocenters. The molecule has 5 fully saturated rings. The summed E-state index contributed by atoms with van der Waals surface area (Å²) >= 11 is 0. The van der Waals surface area contributed by atoms with Crippen LogP contribution in [0, 0.1) is 11.8 Å². The van der Waals surface area contributed by atoms with Crippen molar-refractivity contribution in [2.75, 3.05) is 12.3 Å². The summed E-state index contributed by atoms with van der Waals surface area (Å²) < 4.78 is 29.7. The maximum atomic E-state index is 14.9. The first-order chi connectivity index (χ1) is 17.6. The molecule has 0 amide bonds. The Morgan fingerprint density at radius 3 is 0.778 bits per heavy atom. The fourth-order valence-corrected chi connectivity index (χ4v) is 19.4. The van der Waals surface area contributed by atoms with E-state index in [0.29, 0.717) is 34.5 Å². The first kappa shape index (κ1) is 28.0. The minimum Gasteiger partial charge on any atom is -0.323 e. The van der Waals surface area contributed by atoms with Crippen molar-refractivity contribution in [3.8, 4) is 0 Å². The highest BCUT2D eigenvalue weighted by Crippen LogP contribution is 2.66. The van der Waals surface area contributed by atoms with E-state index < -0.39 is 14.3 Å². The molecule has 0 aromatic carbocycles. The molecule has 5 saturated carbocycles. The van der Waals surface area contributed by atoms with E-state index in [-0.39, 0.29) is 0 Å². The molecule has 0 bridgehead atoms. The third-order valence-electron chi connectivity index (χ3n) is 11.8. The average Bonchev–Trinajstić information content (AvgIpc) is 2.96. The molecule has 0 radical (unpaired) electrons. The fourth-order valence-electron chi connectivity index (χ4n) is 9.67. The molecule has 5 aliphatic carbocycles. The van der Waals surface area contributed by atoms with Crippen molar-refractivity contribution in [1.29, 1.82) is 0 Å². The summed E-state index contributed by atoms with van der Waals surface area (Å²) in [6, 6.07) is 0. The maximum absolute atomic E-state index is 14.9. The molecule has 4 heteroatoms. The van der Waals surface area contributed by atoms with E-state index in [1.54, 1.807) is 0 Å². The summed E-state index contributed by atoms with van der Waals surface area (Å²) in [5, 5.41) is 0. The topological polar surface area (TPSA) is 34.1 Å². The van der Waals surface area contributed by atoms with Gasteiger partial charge in [0.05, 0.1) is 14.3 Å². The molecule has 5 aliphatic rings. The van der Waals surface area contributed by atoms with Gasteiger partial charge in [-0.15, -0.1) is 0 Å². The fraction of sp³-hybridized carbons (Fsp3) is 1.00. The van der Waals surface area contributed by atoms with E-state index in [1.165, 1.54) is 154 Å². The van der Waals surface area contributed by atoms with E-state index in [2.05, 4.69) is 0 Å². The molecule has 0 heterocycles. The Balaban J connectivity index is 1.21. The van der Waals surface area contributed by atoms with Crippen LogP contribution < -0.4 is 0 Å². The predicted molar refractivity (Wildman–Crippen MR) is 158 cm³/mol. The molecule has 2 nitrogen and oxygen atoms in total. The predicted octanol–water partition coefficient (Wildman–Crippen LogP) is 10.8. The van der Waals surface area contributed by atoms with Crippen LogP contribution in [0.2, 0.25) is 0 Å². The van der Waals surface area contributed by atoms with Gasteiger partial charge in [-0.3, -0.25) is 0 Å². The van der Waals surface area contributed by atoms with E-state index in [9.17, 15) is 9.13 Å². The van der Waals surface area contributed by atoms with Crippen LogP contribution in [0.5, 0.6) is 0 Å². The minimum absolute atomic E-state index is 0.560. The standard InChI is InChI=1S/C32H58O2P2/c33-35(29-13-5-1-6-14-29,30-15-7-2-8-16-30)25-27-21-23-28(24-22-27)26-36(34,31-17-9-3-10-18-31)32-19-11-4-12-20-32/h27-32H,1-26H2. The molecule has 5 rings (SSSR count). The van der Waals surface area contributed by atoms with Crippen molar-refractivity contribution in [2.24, 2.45) is 11.8 Å². The Labute approximate surface area is 224 Å². The van der Waals surface area contributed by atoms with Gasteiger partial charge in [0.1, 0.15) is 0 Å². The second-order valence-electron chi connectivity index (χ2n) is 14.1. The van der Waals surface area contributed by atoms with Gasteiger partial charge in [0.25, 0.3) is 0 Å². The Hall–Kier alpha value is 0.460. The summed E-state index contributed by atoms with van der Waals surface area (Å²) in [5.41, 5.74) is 2.24. The van der Waals surface area contributed by atoms with Crippen molar-refractivity contribution in [1.82, 2.24) is 0 Å². The molecule has 0 unspecified atom stereocenters. The molecular weight excluding hydrogens is 478 g/mol. The molecule has 0 N–H and O–H groups in total. The smallest absolute Gasteiger partial charge is 0.0938 e. The normalized spacial score (nSPS) is 31.4. The summed E-state index contributed by atoms with van der Waals surface area (Å²) in [4.78, 5) is 0. The lowest BCUT2D eigenvalue weighted by molar-refractivity contribution is 0.304. The van der Waals surface area contributed by atoms with Crippen molar-refractivity contribution in [3.05, 3.63) is 0 Å². The van der Waals surface area contributed by atoms with Gasteiger partial charge in [0.15, 0.2) is 0 Å². The van der Waals surface area contributed by atoms with Crippen LogP contribution in [0.15, 0.2) is 0 Å². The molecular formula is C32H58O2P2. The first-order valence-corrected chi connectivity index (χ1v) is 20.8. The van der Waals surface area contributed by atoms with Gasteiger partial charge in [0, 0.05) is 35.0 Å². The van der Waals surface area contributed by atoms with Gasteiger partial charge >= 0.3 is 0 Å². The Kier molecular flexibility index (Phi) is 10.3. The van der Waals surface area contributed by atoms with Gasteiger partial charge in [-0.1, -0.05) is 77.0 Å². The van der Waals surface area contributed by atoms with E-state index in [0.717, 1.165) is 12.3 Å². The van der Waals surface area contributed by atoms with E-state index in [1.807, 2.05) is 0 Å². The lowest BCUT2D eigenvalue weighted by Gasteiger charge is -2.43. The SMILES string of the molecule is O=P(CC1CCC(CP(=O)(C2CCCCC2)C2CCCCC2)CC1)(C1CCCCC1)C1CCCCC1. The monoisotopic (exact) mass is 536 g/mol. The summed E-state index contributed by atoms with van der Waals surface area (Å²) in [7, 11) is -4.20. The van der Waals surface area contributed by atoms with Crippen LogP contribution in [0.3, 0.4) is 0 Å². The van der Waals surface area contributed by atoms with E-state index in [4.69, 9.17) is 0 Å². The van der Waals surface area contributed by atoms with E-state index >= 15 is 0 Å². The average molecular weight is 537 g/mol. The highest BCUT2D eigenvalue weighted by atomic mass is 31.2. The summed E-state index contributed by atoms with van der Waals surface area (Å²) in [6.45, 7) is 0. The zero-order chi connectivity index (χ0) is 24.8. The number of rotatable bonds is 8. The summed E-state index contributed by atoms with van der Waals surface area (Å²) in [5.74, 6) is 1.39. The van der Waals surface area contributed by atoms with Crippen LogP contribution in [0.25, 0.3) is 0 Å². The van der Waals surface area contributed by atoms with Crippen LogP contribution in [0.1, 0.15) is 154 Å². The second kappa shape index (κ2) is 13.2. The Bertz CT molecular complexity index is 638. The zero-order valence-electron chi connectivity index (χ0n) is 23.6. The highest BCUT2D eigenvalue weighted by molar-refractivity contribution is 7.65. The lowest BCUT2D eigenvalue weighted by Crippen LogP contribution is -2.31. The zero-order valence-corrected chi connectivity index (χ0v) is 25.3. The molecule has 0 aliphatic heterocycles. The molecule has 36 heavy (non-hydrogen) atoms. The minimum atomic E-state index is -2.10. The largest absolute Gasteiger partial charge is 0.323 e. The lowest BCUT2D eigenvalue weighted by atomic mass is 9.84. The molecule has 0 saturated heterocycles. The first-order valence-electron chi connectivity index (χ1n) is 16.7. The van der Waals surface area contributed by atoms with Gasteiger partial charge in [-0.05, 0) is 88.9 Å². The highest BCUT2D eigenvalue weighted by Gasteiger charge is 2.45. The van der Waals surface area contributed by atoms with Crippen LogP contribution in [-0.4, -0.2) is 35.0 Å². The van der Waals surface area contributed by atoms with Crippen molar-refractivity contribution < 1.29 is 9.13 Å². The van der Waals surface area contributed by atoms with Gasteiger partial charge < -0.3 is 9.13 Å². The molecule has 0 spiro atoms. The molecule has 0 aromatic heterocycles.